The summed E-state index contributed by atoms with van der Waals surface area (Å²) in [6.45, 7) is 0. The molecule has 0 radical (unpaired) electrons. The molecule has 4 nitrogen and oxygen atoms in total. The molecule has 2 aromatic heterocycles. The molecule has 6 rings (SSSR count). The second-order valence-corrected chi connectivity index (χ2v) is 8.62. The Morgan fingerprint density at radius 1 is 0.933 bits per heavy atom. The molecular formula is C24H17ClN2O2S. The lowest BCUT2D eigenvalue weighted by molar-refractivity contribution is -0.0451. The second-order valence-electron chi connectivity index (χ2n) is 7.24. The molecule has 0 bridgehead atoms. The number of hydrazine groups is 1. The smallest absolute Gasteiger partial charge is 0.228 e. The van der Waals surface area contributed by atoms with Crippen molar-refractivity contribution in [1.29, 1.82) is 0 Å². The molecule has 6 heteroatoms. The number of halogens is 1. The number of para-hydroxylation sites is 1. The summed E-state index contributed by atoms with van der Waals surface area (Å²) in [4.78, 5) is 1.20. The van der Waals surface area contributed by atoms with Gasteiger partial charge in [0.05, 0.1) is 16.6 Å². The van der Waals surface area contributed by atoms with Gasteiger partial charge in [-0.1, -0.05) is 35.9 Å². The molecule has 30 heavy (non-hydrogen) atoms. The Kier molecular flexibility index (Phi) is 4.20. The van der Waals surface area contributed by atoms with Gasteiger partial charge in [-0.15, -0.1) is 11.3 Å². The van der Waals surface area contributed by atoms with Crippen molar-refractivity contribution in [2.45, 2.75) is 12.3 Å². The van der Waals surface area contributed by atoms with Gasteiger partial charge in [0.15, 0.2) is 5.76 Å². The predicted octanol–water partition coefficient (Wildman–Crippen LogP) is 6.66. The maximum atomic E-state index is 6.38. The zero-order chi connectivity index (χ0) is 20.1. The van der Waals surface area contributed by atoms with Gasteiger partial charge >= 0.3 is 0 Å². The van der Waals surface area contributed by atoms with Gasteiger partial charge in [0, 0.05) is 16.1 Å². The molecule has 2 atom stereocenters. The van der Waals surface area contributed by atoms with Crippen LogP contribution >= 0.6 is 22.9 Å². The van der Waals surface area contributed by atoms with Gasteiger partial charge in [-0.25, -0.2) is 0 Å². The number of furan rings is 1. The van der Waals surface area contributed by atoms with E-state index in [1.165, 1.54) is 4.88 Å². The van der Waals surface area contributed by atoms with E-state index >= 15 is 0 Å². The standard InChI is InChI=1S/C24H17ClN2O2S/c25-16-9-7-15(8-10-16)20-11-12-22(28-20)24-27-19(17-4-1-2-5-21(17)29-24)14-18(26-27)23-6-3-13-30-23/h1-14,19,24,26H. The molecule has 0 saturated carbocycles. The van der Waals surface area contributed by atoms with Crippen LogP contribution < -0.4 is 10.2 Å². The number of fused-ring (bicyclic) bond motifs is 3. The van der Waals surface area contributed by atoms with Crippen molar-refractivity contribution in [3.05, 3.63) is 105 Å². The fraction of sp³-hybridized carbons (Fsp3) is 0.0833. The number of nitrogens with one attached hydrogen (secondary N) is 1. The molecule has 1 N–H and O–H groups in total. The van der Waals surface area contributed by atoms with Gasteiger partial charge in [-0.3, -0.25) is 0 Å². The summed E-state index contributed by atoms with van der Waals surface area (Å²) in [5.41, 5.74) is 6.74. The highest BCUT2D eigenvalue weighted by atomic mass is 35.5. The number of benzene rings is 2. The first-order valence-electron chi connectivity index (χ1n) is 9.68. The fourth-order valence-electron chi connectivity index (χ4n) is 3.96. The summed E-state index contributed by atoms with van der Waals surface area (Å²) >= 11 is 7.73. The molecule has 0 aliphatic carbocycles. The number of hydrogen-bond donors (Lipinski definition) is 1. The van der Waals surface area contributed by atoms with Gasteiger partial charge in [0.25, 0.3) is 0 Å². The van der Waals surface area contributed by atoms with Crippen molar-refractivity contribution in [1.82, 2.24) is 10.4 Å². The van der Waals surface area contributed by atoms with Crippen LogP contribution in [0, 0.1) is 0 Å². The van der Waals surface area contributed by atoms with E-state index in [2.05, 4.69) is 40.1 Å². The first-order valence-corrected chi connectivity index (χ1v) is 10.9. The van der Waals surface area contributed by atoms with E-state index in [1.54, 1.807) is 11.3 Å². The van der Waals surface area contributed by atoms with Crippen molar-refractivity contribution in [3.8, 4) is 17.1 Å². The van der Waals surface area contributed by atoms with Crippen LogP contribution in [-0.4, -0.2) is 5.01 Å². The maximum Gasteiger partial charge on any atom is 0.228 e. The van der Waals surface area contributed by atoms with E-state index in [4.69, 9.17) is 20.8 Å². The minimum atomic E-state index is -0.389. The molecule has 2 aromatic carbocycles. The molecule has 4 heterocycles. The SMILES string of the molecule is Clc1ccc(-c2ccc(C3Oc4ccccc4C4C=C(c5cccs5)NN43)o2)cc1. The lowest BCUT2D eigenvalue weighted by Crippen LogP contribution is -2.42. The van der Waals surface area contributed by atoms with E-state index in [1.807, 2.05) is 54.6 Å². The highest BCUT2D eigenvalue weighted by molar-refractivity contribution is 7.11. The quantitative estimate of drug-likeness (QED) is 0.393. The minimum absolute atomic E-state index is 0.0566. The van der Waals surface area contributed by atoms with Crippen LogP contribution in [0.5, 0.6) is 5.75 Å². The molecular weight excluding hydrogens is 416 g/mol. The number of ether oxygens (including phenoxy) is 1. The summed E-state index contributed by atoms with van der Waals surface area (Å²) in [7, 11) is 0. The second kappa shape index (κ2) is 7.06. The van der Waals surface area contributed by atoms with E-state index < -0.39 is 0 Å². The Bertz CT molecular complexity index is 1230. The third-order valence-corrected chi connectivity index (χ3v) is 6.54. The monoisotopic (exact) mass is 432 g/mol. The highest BCUT2D eigenvalue weighted by Gasteiger charge is 2.41. The fourth-order valence-corrected chi connectivity index (χ4v) is 4.78. The minimum Gasteiger partial charge on any atom is -0.466 e. The molecule has 148 valence electrons. The van der Waals surface area contributed by atoms with Crippen molar-refractivity contribution in [3.63, 3.8) is 0 Å². The number of hydrogen-bond acceptors (Lipinski definition) is 5. The van der Waals surface area contributed by atoms with Gasteiger partial charge in [0.2, 0.25) is 6.23 Å². The molecule has 2 aliphatic rings. The summed E-state index contributed by atoms with van der Waals surface area (Å²) < 4.78 is 12.6. The van der Waals surface area contributed by atoms with Crippen LogP contribution in [0.4, 0.5) is 0 Å². The molecule has 0 spiro atoms. The number of thiophene rings is 1. The summed E-state index contributed by atoms with van der Waals surface area (Å²) in [5.74, 6) is 2.40. The van der Waals surface area contributed by atoms with E-state index in [0.29, 0.717) is 5.02 Å². The van der Waals surface area contributed by atoms with Crippen molar-refractivity contribution >= 4 is 28.6 Å². The largest absolute Gasteiger partial charge is 0.466 e. The molecule has 0 fully saturated rings. The zero-order valence-corrected chi connectivity index (χ0v) is 17.4. The summed E-state index contributed by atoms with van der Waals surface area (Å²) in [6.07, 6.45) is 1.86. The van der Waals surface area contributed by atoms with Crippen LogP contribution in [0.3, 0.4) is 0 Å². The van der Waals surface area contributed by atoms with Crippen LogP contribution in [0.15, 0.2) is 88.7 Å². The molecule has 2 aliphatic heterocycles. The first-order chi connectivity index (χ1) is 14.8. The average Bonchev–Trinajstić information content (AvgIpc) is 3.54. The number of rotatable bonds is 3. The Labute approximate surface area is 182 Å². The molecule has 2 unspecified atom stereocenters. The molecule has 4 aromatic rings. The summed E-state index contributed by atoms with van der Waals surface area (Å²) in [6, 6.07) is 24.0. The Balaban J connectivity index is 1.38. The normalized spacial score (nSPS) is 20.1. The third-order valence-electron chi connectivity index (χ3n) is 5.39. The topological polar surface area (TPSA) is 37.6 Å². The average molecular weight is 433 g/mol. The lowest BCUT2D eigenvalue weighted by Gasteiger charge is -2.37. The Morgan fingerprint density at radius 2 is 1.80 bits per heavy atom. The van der Waals surface area contributed by atoms with Crippen LogP contribution in [0.25, 0.3) is 17.0 Å². The van der Waals surface area contributed by atoms with Crippen molar-refractivity contribution in [2.75, 3.05) is 0 Å². The van der Waals surface area contributed by atoms with Gasteiger partial charge in [-0.05, 0) is 60.0 Å². The Morgan fingerprint density at radius 3 is 2.63 bits per heavy atom. The van der Waals surface area contributed by atoms with Crippen molar-refractivity contribution < 1.29 is 9.15 Å². The van der Waals surface area contributed by atoms with Gasteiger partial charge in [-0.2, -0.15) is 5.01 Å². The Hall–Kier alpha value is -2.99. The first kappa shape index (κ1) is 17.8. The zero-order valence-electron chi connectivity index (χ0n) is 15.8. The van der Waals surface area contributed by atoms with Crippen LogP contribution in [0.2, 0.25) is 5.02 Å². The van der Waals surface area contributed by atoms with Crippen LogP contribution in [0.1, 0.15) is 28.5 Å². The van der Waals surface area contributed by atoms with Gasteiger partial charge < -0.3 is 14.6 Å². The van der Waals surface area contributed by atoms with Crippen LogP contribution in [-0.2, 0) is 0 Å². The van der Waals surface area contributed by atoms with E-state index in [-0.39, 0.29) is 12.3 Å². The third kappa shape index (κ3) is 2.94. The lowest BCUT2D eigenvalue weighted by atomic mass is 10.0. The maximum absolute atomic E-state index is 6.38. The van der Waals surface area contributed by atoms with Gasteiger partial charge in [0.1, 0.15) is 11.5 Å². The molecule has 0 amide bonds. The summed E-state index contributed by atoms with van der Waals surface area (Å²) in [5, 5.41) is 4.90. The van der Waals surface area contributed by atoms with Crippen molar-refractivity contribution in [2.24, 2.45) is 0 Å². The predicted molar refractivity (Wildman–Crippen MR) is 119 cm³/mol. The molecule has 0 saturated heterocycles. The number of nitrogens with zero attached hydrogens (tertiary/aromatic N) is 1. The highest BCUT2D eigenvalue weighted by Crippen LogP contribution is 2.46. The van der Waals surface area contributed by atoms with E-state index in [9.17, 15) is 0 Å². The van der Waals surface area contributed by atoms with E-state index in [0.717, 1.165) is 34.1 Å².